The van der Waals surface area contributed by atoms with Gasteiger partial charge in [-0.05, 0) is 19.9 Å². The van der Waals surface area contributed by atoms with Gasteiger partial charge < -0.3 is 15.4 Å². The summed E-state index contributed by atoms with van der Waals surface area (Å²) in [6.45, 7) is 4.02. The molecule has 0 aromatic carbocycles. The summed E-state index contributed by atoms with van der Waals surface area (Å²) < 4.78 is 2.04. The number of aromatic nitrogens is 3. The molecule has 86 valence electrons. The van der Waals surface area contributed by atoms with Crippen LogP contribution in [0.4, 0.5) is 0 Å². The van der Waals surface area contributed by atoms with Crippen LogP contribution in [0.3, 0.4) is 0 Å². The summed E-state index contributed by atoms with van der Waals surface area (Å²) in [4.78, 5) is 8.45. The molecule has 0 radical (unpaired) electrons. The second-order valence-electron chi connectivity index (χ2n) is 4.09. The molecule has 5 nitrogen and oxygen atoms in total. The van der Waals surface area contributed by atoms with Gasteiger partial charge in [-0.3, -0.25) is 4.98 Å². The van der Waals surface area contributed by atoms with E-state index in [1.807, 2.05) is 10.6 Å². The fraction of sp³-hybridized carbons (Fsp3) is 0.455. The fourth-order valence-electron chi connectivity index (χ4n) is 1.86. The Morgan fingerprint density at radius 1 is 1.50 bits per heavy atom. The first kappa shape index (κ1) is 11.0. The van der Waals surface area contributed by atoms with Crippen LogP contribution >= 0.6 is 0 Å². The SMILES string of the molecule is CC(C)n1c(C(N)CO)nc2cnccc21. The molecule has 2 aromatic heterocycles. The lowest BCUT2D eigenvalue weighted by Gasteiger charge is -2.15. The molecule has 0 saturated carbocycles. The summed E-state index contributed by atoms with van der Waals surface area (Å²) >= 11 is 0. The topological polar surface area (TPSA) is 77.0 Å². The zero-order chi connectivity index (χ0) is 11.7. The summed E-state index contributed by atoms with van der Waals surface area (Å²) in [5, 5.41) is 9.13. The molecule has 0 aliphatic heterocycles. The highest BCUT2D eigenvalue weighted by Gasteiger charge is 2.17. The van der Waals surface area contributed by atoms with E-state index in [9.17, 15) is 0 Å². The van der Waals surface area contributed by atoms with Crippen molar-refractivity contribution in [3.05, 3.63) is 24.3 Å². The van der Waals surface area contributed by atoms with E-state index >= 15 is 0 Å². The minimum absolute atomic E-state index is 0.108. The van der Waals surface area contributed by atoms with Gasteiger partial charge in [0.25, 0.3) is 0 Å². The molecular weight excluding hydrogens is 204 g/mol. The number of rotatable bonds is 3. The van der Waals surface area contributed by atoms with Gasteiger partial charge in [0.05, 0.1) is 24.4 Å². The second-order valence-corrected chi connectivity index (χ2v) is 4.09. The van der Waals surface area contributed by atoms with Crippen molar-refractivity contribution in [1.29, 1.82) is 0 Å². The highest BCUT2D eigenvalue weighted by molar-refractivity contribution is 5.75. The van der Waals surface area contributed by atoms with E-state index in [2.05, 4.69) is 23.8 Å². The van der Waals surface area contributed by atoms with Crippen LogP contribution in [0, 0.1) is 0 Å². The Balaban J connectivity index is 2.68. The molecule has 1 unspecified atom stereocenters. The number of aliphatic hydroxyl groups excluding tert-OH is 1. The second kappa shape index (κ2) is 4.19. The van der Waals surface area contributed by atoms with E-state index in [4.69, 9.17) is 10.8 Å². The van der Waals surface area contributed by atoms with Crippen LogP contribution in [0.2, 0.25) is 0 Å². The van der Waals surface area contributed by atoms with Gasteiger partial charge in [0.2, 0.25) is 0 Å². The van der Waals surface area contributed by atoms with Crippen molar-refractivity contribution >= 4 is 11.0 Å². The van der Waals surface area contributed by atoms with Crippen molar-refractivity contribution in [2.45, 2.75) is 25.9 Å². The van der Waals surface area contributed by atoms with E-state index < -0.39 is 6.04 Å². The van der Waals surface area contributed by atoms with E-state index in [0.717, 1.165) is 11.0 Å². The van der Waals surface area contributed by atoms with Gasteiger partial charge in [-0.25, -0.2) is 4.98 Å². The van der Waals surface area contributed by atoms with E-state index in [1.165, 1.54) is 0 Å². The molecular formula is C11H16N4O. The highest BCUT2D eigenvalue weighted by Crippen LogP contribution is 2.23. The van der Waals surface area contributed by atoms with E-state index in [-0.39, 0.29) is 12.6 Å². The van der Waals surface area contributed by atoms with Crippen molar-refractivity contribution in [2.24, 2.45) is 5.73 Å². The van der Waals surface area contributed by atoms with Crippen LogP contribution in [0.1, 0.15) is 31.8 Å². The molecule has 2 rings (SSSR count). The third-order valence-corrected chi connectivity index (χ3v) is 2.56. The summed E-state index contributed by atoms with van der Waals surface area (Å²) in [5.74, 6) is 0.709. The highest BCUT2D eigenvalue weighted by atomic mass is 16.3. The monoisotopic (exact) mass is 220 g/mol. The summed E-state index contributed by atoms with van der Waals surface area (Å²) in [5.41, 5.74) is 7.66. The number of nitrogens with zero attached hydrogens (tertiary/aromatic N) is 3. The lowest BCUT2D eigenvalue weighted by molar-refractivity contribution is 0.260. The lowest BCUT2D eigenvalue weighted by Crippen LogP contribution is -2.20. The quantitative estimate of drug-likeness (QED) is 0.809. The Kier molecular flexibility index (Phi) is 2.89. The summed E-state index contributed by atoms with van der Waals surface area (Å²) in [6.07, 6.45) is 3.44. The van der Waals surface area contributed by atoms with Crippen LogP contribution in [0.25, 0.3) is 11.0 Å². The Labute approximate surface area is 93.9 Å². The van der Waals surface area contributed by atoms with Crippen molar-refractivity contribution in [3.63, 3.8) is 0 Å². The molecule has 0 fully saturated rings. The number of hydrogen-bond donors (Lipinski definition) is 2. The van der Waals surface area contributed by atoms with Crippen molar-refractivity contribution < 1.29 is 5.11 Å². The normalized spacial score (nSPS) is 13.6. The van der Waals surface area contributed by atoms with Crippen LogP contribution < -0.4 is 5.73 Å². The van der Waals surface area contributed by atoms with Crippen molar-refractivity contribution in [2.75, 3.05) is 6.61 Å². The van der Waals surface area contributed by atoms with E-state index in [0.29, 0.717) is 5.82 Å². The number of pyridine rings is 1. The first-order chi connectivity index (χ1) is 7.65. The molecule has 16 heavy (non-hydrogen) atoms. The van der Waals surface area contributed by atoms with Gasteiger partial charge in [0, 0.05) is 12.2 Å². The number of hydrogen-bond acceptors (Lipinski definition) is 4. The molecule has 2 heterocycles. The molecule has 0 amide bonds. The summed E-state index contributed by atoms with van der Waals surface area (Å²) in [7, 11) is 0. The zero-order valence-electron chi connectivity index (χ0n) is 9.46. The van der Waals surface area contributed by atoms with Crippen LogP contribution in [-0.2, 0) is 0 Å². The number of fused-ring (bicyclic) bond motifs is 1. The molecule has 0 spiro atoms. The number of aliphatic hydroxyl groups is 1. The first-order valence-corrected chi connectivity index (χ1v) is 5.33. The maximum absolute atomic E-state index is 9.13. The van der Waals surface area contributed by atoms with Gasteiger partial charge in [-0.15, -0.1) is 0 Å². The average molecular weight is 220 g/mol. The molecule has 1 atom stereocenters. The lowest BCUT2D eigenvalue weighted by atomic mass is 10.3. The predicted molar refractivity (Wildman–Crippen MR) is 61.9 cm³/mol. The van der Waals surface area contributed by atoms with Crippen LogP contribution in [-0.4, -0.2) is 26.2 Å². The molecule has 0 saturated heterocycles. The Hall–Kier alpha value is -1.46. The maximum Gasteiger partial charge on any atom is 0.129 e. The molecule has 0 bridgehead atoms. The van der Waals surface area contributed by atoms with Gasteiger partial charge in [0.1, 0.15) is 11.3 Å². The van der Waals surface area contributed by atoms with Crippen molar-refractivity contribution in [1.82, 2.24) is 14.5 Å². The molecule has 0 aliphatic carbocycles. The minimum Gasteiger partial charge on any atom is -0.394 e. The Morgan fingerprint density at radius 3 is 2.88 bits per heavy atom. The average Bonchev–Trinajstić information content (AvgIpc) is 2.67. The standard InChI is InChI=1S/C11H16N4O/c1-7(2)15-10-3-4-13-5-9(10)14-11(15)8(12)6-16/h3-5,7-8,16H,6,12H2,1-2H3. The van der Waals surface area contributed by atoms with Gasteiger partial charge in [-0.2, -0.15) is 0 Å². The summed E-state index contributed by atoms with van der Waals surface area (Å²) in [6, 6.07) is 1.71. The molecule has 2 aromatic rings. The van der Waals surface area contributed by atoms with Gasteiger partial charge in [0.15, 0.2) is 0 Å². The first-order valence-electron chi connectivity index (χ1n) is 5.33. The van der Waals surface area contributed by atoms with Gasteiger partial charge in [-0.1, -0.05) is 0 Å². The molecule has 0 aliphatic rings. The Bertz CT molecular complexity index is 492. The van der Waals surface area contributed by atoms with Crippen molar-refractivity contribution in [3.8, 4) is 0 Å². The number of imidazole rings is 1. The number of nitrogens with two attached hydrogens (primary N) is 1. The van der Waals surface area contributed by atoms with Crippen LogP contribution in [0.15, 0.2) is 18.5 Å². The maximum atomic E-state index is 9.13. The van der Waals surface area contributed by atoms with Crippen LogP contribution in [0.5, 0.6) is 0 Å². The molecule has 3 N–H and O–H groups in total. The predicted octanol–water partition coefficient (Wildman–Crippen LogP) is 1.00. The van der Waals surface area contributed by atoms with E-state index in [1.54, 1.807) is 12.4 Å². The minimum atomic E-state index is -0.449. The zero-order valence-corrected chi connectivity index (χ0v) is 9.46. The largest absolute Gasteiger partial charge is 0.394 e. The van der Waals surface area contributed by atoms with Gasteiger partial charge >= 0.3 is 0 Å². The smallest absolute Gasteiger partial charge is 0.129 e. The third-order valence-electron chi connectivity index (χ3n) is 2.56. The fourth-order valence-corrected chi connectivity index (χ4v) is 1.86. The molecule has 5 heteroatoms. The Morgan fingerprint density at radius 2 is 2.25 bits per heavy atom. The third kappa shape index (κ3) is 1.68.